The monoisotopic (exact) mass is 478 g/mol. The lowest BCUT2D eigenvalue weighted by Crippen LogP contribution is -2.21. The van der Waals surface area contributed by atoms with Crippen LogP contribution in [0.15, 0.2) is 65.8 Å². The number of benzene rings is 2. The van der Waals surface area contributed by atoms with Gasteiger partial charge in [0.2, 0.25) is 0 Å². The van der Waals surface area contributed by atoms with Gasteiger partial charge in [0, 0.05) is 11.3 Å². The molecule has 1 aliphatic heterocycles. The Kier molecular flexibility index (Phi) is 6.80. The van der Waals surface area contributed by atoms with Crippen molar-refractivity contribution in [2.45, 2.75) is 43.8 Å². The van der Waals surface area contributed by atoms with E-state index < -0.39 is 0 Å². The van der Waals surface area contributed by atoms with Gasteiger partial charge in [0.25, 0.3) is 0 Å². The number of hydrogen-bond donors (Lipinski definition) is 0. The van der Waals surface area contributed by atoms with Gasteiger partial charge in [0.1, 0.15) is 11.0 Å². The smallest absolute Gasteiger partial charge is 0.191 e. The first kappa shape index (κ1) is 22.2. The van der Waals surface area contributed by atoms with Gasteiger partial charge in [-0.2, -0.15) is 5.10 Å². The minimum absolute atomic E-state index is 0.651. The summed E-state index contributed by atoms with van der Waals surface area (Å²) >= 11 is 8.42. The Bertz CT molecular complexity index is 1200. The molecule has 8 heteroatoms. The predicted molar refractivity (Wildman–Crippen MR) is 133 cm³/mol. The van der Waals surface area contributed by atoms with E-state index in [4.69, 9.17) is 11.6 Å². The van der Waals surface area contributed by atoms with Gasteiger partial charge in [-0.1, -0.05) is 71.9 Å². The average molecular weight is 479 g/mol. The topological polar surface area (TPSA) is 51.8 Å². The van der Waals surface area contributed by atoms with E-state index in [9.17, 15) is 0 Å². The number of aromatic nitrogens is 5. The molecule has 0 bridgehead atoms. The van der Waals surface area contributed by atoms with Crippen molar-refractivity contribution >= 4 is 23.4 Å². The summed E-state index contributed by atoms with van der Waals surface area (Å²) in [6.45, 7) is 5.87. The molecule has 0 atom stereocenters. The number of rotatable bonds is 8. The predicted octanol–water partition coefficient (Wildman–Crippen LogP) is 5.36. The third kappa shape index (κ3) is 5.00. The Labute approximate surface area is 203 Å². The lowest BCUT2D eigenvalue weighted by Gasteiger charge is -2.16. The largest absolute Gasteiger partial charge is 0.300 e. The van der Waals surface area contributed by atoms with E-state index in [0.717, 1.165) is 54.1 Å². The number of halogens is 1. The van der Waals surface area contributed by atoms with Crippen LogP contribution in [-0.4, -0.2) is 42.5 Å². The molecule has 0 saturated carbocycles. The number of nitrogens with zero attached hydrogens (tertiary/aromatic N) is 6. The number of aryl methyl sites for hydroxylation is 1. The molecule has 0 amide bonds. The van der Waals surface area contributed by atoms with Crippen molar-refractivity contribution in [1.29, 1.82) is 0 Å². The minimum atomic E-state index is 0.651. The van der Waals surface area contributed by atoms with Crippen LogP contribution in [0.1, 0.15) is 35.5 Å². The van der Waals surface area contributed by atoms with Crippen molar-refractivity contribution in [2.75, 3.05) is 13.1 Å². The Morgan fingerprint density at radius 1 is 0.909 bits per heavy atom. The highest BCUT2D eigenvalue weighted by molar-refractivity contribution is 7.98. The summed E-state index contributed by atoms with van der Waals surface area (Å²) in [5.41, 5.74) is 4.17. The average Bonchev–Trinajstić information content (AvgIpc) is 3.56. The Balaban J connectivity index is 1.39. The third-order valence-corrected chi connectivity index (χ3v) is 7.39. The van der Waals surface area contributed by atoms with Crippen LogP contribution < -0.4 is 0 Å². The Morgan fingerprint density at radius 2 is 1.61 bits per heavy atom. The summed E-state index contributed by atoms with van der Waals surface area (Å²) in [5.74, 6) is 1.71. The molecular weight excluding hydrogens is 452 g/mol. The molecule has 0 unspecified atom stereocenters. The van der Waals surface area contributed by atoms with E-state index in [1.165, 1.54) is 18.4 Å². The maximum atomic E-state index is 6.76. The molecule has 1 aliphatic rings. The van der Waals surface area contributed by atoms with Crippen molar-refractivity contribution in [3.8, 4) is 5.69 Å². The van der Waals surface area contributed by atoms with Gasteiger partial charge < -0.3 is 4.57 Å². The van der Waals surface area contributed by atoms with Crippen molar-refractivity contribution in [3.63, 3.8) is 0 Å². The Hall–Kier alpha value is -2.61. The molecule has 0 radical (unpaired) electrons. The van der Waals surface area contributed by atoms with E-state index in [-0.39, 0.29) is 0 Å². The molecule has 0 aliphatic carbocycles. The summed E-state index contributed by atoms with van der Waals surface area (Å²) in [4.78, 5) is 2.46. The zero-order chi connectivity index (χ0) is 22.6. The first-order chi connectivity index (χ1) is 16.2. The minimum Gasteiger partial charge on any atom is -0.300 e. The van der Waals surface area contributed by atoms with Gasteiger partial charge in [0.15, 0.2) is 5.16 Å². The highest BCUT2D eigenvalue weighted by Crippen LogP contribution is 2.30. The van der Waals surface area contributed by atoms with Gasteiger partial charge in [-0.25, -0.2) is 4.68 Å². The number of likely N-dealkylation sites (tertiary alicyclic amines) is 1. The quantitative estimate of drug-likeness (QED) is 0.319. The van der Waals surface area contributed by atoms with Crippen LogP contribution >= 0.6 is 23.4 Å². The standard InChI is InChI=1S/C25H27ClN6S/c1-19-22(24(26)32(29-19)21-12-6-3-7-13-21)18-33-25-28-27-23(17-30-14-8-9-15-30)31(25)16-20-10-4-2-5-11-20/h2-7,10-13H,8-9,14-18H2,1H3. The summed E-state index contributed by atoms with van der Waals surface area (Å²) in [5, 5.41) is 15.4. The summed E-state index contributed by atoms with van der Waals surface area (Å²) in [6, 6.07) is 20.5. The number of thioether (sulfide) groups is 1. The summed E-state index contributed by atoms with van der Waals surface area (Å²) in [7, 11) is 0. The van der Waals surface area contributed by atoms with Gasteiger partial charge in [-0.05, 0) is 50.6 Å². The lowest BCUT2D eigenvalue weighted by molar-refractivity contribution is 0.316. The number of hydrogen-bond acceptors (Lipinski definition) is 5. The molecule has 0 spiro atoms. The summed E-state index contributed by atoms with van der Waals surface area (Å²) in [6.07, 6.45) is 2.52. The zero-order valence-electron chi connectivity index (χ0n) is 18.7. The normalized spacial score (nSPS) is 14.2. The van der Waals surface area contributed by atoms with E-state index in [0.29, 0.717) is 10.9 Å². The maximum absolute atomic E-state index is 6.76. The van der Waals surface area contributed by atoms with Gasteiger partial charge in [-0.3, -0.25) is 4.90 Å². The lowest BCUT2D eigenvalue weighted by atomic mass is 10.2. The molecule has 33 heavy (non-hydrogen) atoms. The third-order valence-electron chi connectivity index (χ3n) is 6.01. The fourth-order valence-electron chi connectivity index (χ4n) is 4.18. The molecule has 1 fully saturated rings. The molecular formula is C25H27ClN6S. The van der Waals surface area contributed by atoms with E-state index >= 15 is 0 Å². The Morgan fingerprint density at radius 3 is 2.33 bits per heavy atom. The van der Waals surface area contributed by atoms with Crippen molar-refractivity contribution in [3.05, 3.63) is 88.5 Å². The molecule has 0 N–H and O–H groups in total. The van der Waals surface area contributed by atoms with Crippen LogP contribution in [0.4, 0.5) is 0 Å². The fraction of sp³-hybridized carbons (Fsp3) is 0.320. The molecule has 2 aromatic heterocycles. The van der Waals surface area contributed by atoms with Crippen LogP contribution in [-0.2, 0) is 18.8 Å². The first-order valence-corrected chi connectivity index (χ1v) is 12.7. The molecule has 6 nitrogen and oxygen atoms in total. The fourth-order valence-corrected chi connectivity index (χ4v) is 5.64. The highest BCUT2D eigenvalue weighted by atomic mass is 35.5. The van der Waals surface area contributed by atoms with E-state index in [1.54, 1.807) is 16.4 Å². The van der Waals surface area contributed by atoms with Crippen molar-refractivity contribution in [2.24, 2.45) is 0 Å². The molecule has 4 aromatic rings. The highest BCUT2D eigenvalue weighted by Gasteiger charge is 2.20. The second kappa shape index (κ2) is 10.1. The molecule has 2 aromatic carbocycles. The maximum Gasteiger partial charge on any atom is 0.191 e. The molecule has 3 heterocycles. The second-order valence-corrected chi connectivity index (χ2v) is 9.65. The molecule has 5 rings (SSSR count). The van der Waals surface area contributed by atoms with Gasteiger partial charge in [-0.15, -0.1) is 10.2 Å². The van der Waals surface area contributed by atoms with Crippen LogP contribution in [0.5, 0.6) is 0 Å². The molecule has 1 saturated heterocycles. The van der Waals surface area contributed by atoms with Crippen LogP contribution in [0.25, 0.3) is 5.69 Å². The van der Waals surface area contributed by atoms with Crippen LogP contribution in [0, 0.1) is 6.92 Å². The van der Waals surface area contributed by atoms with Crippen LogP contribution in [0.3, 0.4) is 0 Å². The van der Waals surface area contributed by atoms with Crippen LogP contribution in [0.2, 0.25) is 5.15 Å². The van der Waals surface area contributed by atoms with Crippen molar-refractivity contribution in [1.82, 2.24) is 29.4 Å². The SMILES string of the molecule is Cc1nn(-c2ccccc2)c(Cl)c1CSc1nnc(CN2CCCC2)n1Cc1ccccc1. The van der Waals surface area contributed by atoms with E-state index in [1.807, 2.05) is 43.3 Å². The first-order valence-electron chi connectivity index (χ1n) is 11.3. The molecule has 170 valence electrons. The summed E-state index contributed by atoms with van der Waals surface area (Å²) < 4.78 is 4.06. The second-order valence-electron chi connectivity index (χ2n) is 8.34. The van der Waals surface area contributed by atoms with Gasteiger partial charge >= 0.3 is 0 Å². The van der Waals surface area contributed by atoms with Crippen molar-refractivity contribution < 1.29 is 0 Å². The zero-order valence-corrected chi connectivity index (χ0v) is 20.3. The number of para-hydroxylation sites is 1. The van der Waals surface area contributed by atoms with E-state index in [2.05, 4.69) is 49.0 Å². The van der Waals surface area contributed by atoms with Gasteiger partial charge in [0.05, 0.1) is 24.5 Å².